The van der Waals surface area contributed by atoms with Gasteiger partial charge in [-0.1, -0.05) is 30.5 Å². The maximum atomic E-state index is 11.4. The van der Waals surface area contributed by atoms with Gasteiger partial charge in [0, 0.05) is 0 Å². The summed E-state index contributed by atoms with van der Waals surface area (Å²) in [6.45, 7) is 0. The first-order chi connectivity index (χ1) is 10.2. The Hall–Kier alpha value is -1.73. The number of aromatic nitrogens is 3. The van der Waals surface area contributed by atoms with Crippen LogP contribution in [-0.4, -0.2) is 37.3 Å². The number of thiophene rings is 1. The van der Waals surface area contributed by atoms with Crippen LogP contribution in [0.1, 0.15) is 48.6 Å². The molecule has 21 heavy (non-hydrogen) atoms. The number of carboxylic acid groups (broad SMARTS) is 1. The highest BCUT2D eigenvalue weighted by molar-refractivity contribution is 7.13. The average Bonchev–Trinajstić information content (AvgIpc) is 3.06. The molecule has 1 aliphatic rings. The predicted molar refractivity (Wildman–Crippen MR) is 78.4 cm³/mol. The summed E-state index contributed by atoms with van der Waals surface area (Å²) in [7, 11) is 0. The molecule has 2 N–H and O–H groups in total. The molecule has 0 bridgehead atoms. The van der Waals surface area contributed by atoms with Crippen molar-refractivity contribution in [1.82, 2.24) is 15.0 Å². The summed E-state index contributed by atoms with van der Waals surface area (Å²) in [6.07, 6.45) is 4.09. The van der Waals surface area contributed by atoms with Crippen molar-refractivity contribution in [1.29, 1.82) is 0 Å². The molecule has 2 atom stereocenters. The lowest BCUT2D eigenvalue weighted by molar-refractivity contribution is 0.0691. The van der Waals surface area contributed by atoms with Crippen LogP contribution in [-0.2, 0) is 0 Å². The van der Waals surface area contributed by atoms with Crippen molar-refractivity contribution in [2.45, 2.75) is 44.2 Å². The number of nitrogens with zero attached hydrogens (tertiary/aromatic N) is 3. The molecule has 0 amide bonds. The minimum atomic E-state index is -1.09. The molecule has 6 nitrogen and oxygen atoms in total. The van der Waals surface area contributed by atoms with Crippen molar-refractivity contribution < 1.29 is 15.0 Å². The zero-order chi connectivity index (χ0) is 14.8. The Kier molecular flexibility index (Phi) is 4.03. The fourth-order valence-corrected chi connectivity index (χ4v) is 3.63. The zero-order valence-electron chi connectivity index (χ0n) is 11.5. The highest BCUT2D eigenvalue weighted by Gasteiger charge is 2.30. The van der Waals surface area contributed by atoms with E-state index >= 15 is 0 Å². The Labute approximate surface area is 126 Å². The van der Waals surface area contributed by atoms with E-state index in [-0.39, 0.29) is 11.7 Å². The number of aliphatic hydroxyl groups excluding tert-OH is 1. The number of aliphatic hydroxyl groups is 1. The van der Waals surface area contributed by atoms with E-state index in [9.17, 15) is 15.0 Å². The molecule has 0 spiro atoms. The first-order valence-corrected chi connectivity index (χ1v) is 7.97. The van der Waals surface area contributed by atoms with Crippen LogP contribution in [0.4, 0.5) is 0 Å². The van der Waals surface area contributed by atoms with E-state index in [4.69, 9.17) is 0 Å². The Morgan fingerprint density at radius 1 is 1.33 bits per heavy atom. The lowest BCUT2D eigenvalue weighted by Gasteiger charge is -2.22. The maximum Gasteiger partial charge on any atom is 0.358 e. The molecule has 2 aromatic rings. The number of carbonyl (C=O) groups is 1. The lowest BCUT2D eigenvalue weighted by atomic mass is 10.1. The SMILES string of the molecule is O=C(O)c1nnn(C2CCCCCC2O)c1-c1cccs1. The van der Waals surface area contributed by atoms with Gasteiger partial charge >= 0.3 is 5.97 Å². The smallest absolute Gasteiger partial charge is 0.358 e. The van der Waals surface area contributed by atoms with Gasteiger partial charge in [-0.25, -0.2) is 9.48 Å². The molecule has 0 aromatic carbocycles. The summed E-state index contributed by atoms with van der Waals surface area (Å²) in [6, 6.07) is 3.52. The van der Waals surface area contributed by atoms with Crippen molar-refractivity contribution in [3.8, 4) is 10.6 Å². The number of carboxylic acids is 1. The van der Waals surface area contributed by atoms with E-state index in [0.29, 0.717) is 5.69 Å². The van der Waals surface area contributed by atoms with E-state index in [1.807, 2.05) is 17.5 Å². The molecule has 0 saturated heterocycles. The number of hydrogen-bond acceptors (Lipinski definition) is 5. The third-order valence-electron chi connectivity index (χ3n) is 3.91. The average molecular weight is 307 g/mol. The molecule has 2 aromatic heterocycles. The summed E-state index contributed by atoms with van der Waals surface area (Å²) in [4.78, 5) is 12.2. The summed E-state index contributed by atoms with van der Waals surface area (Å²) >= 11 is 1.45. The largest absolute Gasteiger partial charge is 0.476 e. The number of rotatable bonds is 3. The third kappa shape index (κ3) is 2.71. The van der Waals surface area contributed by atoms with E-state index in [0.717, 1.165) is 37.0 Å². The predicted octanol–water partition coefficient (Wildman–Crippen LogP) is 2.57. The van der Waals surface area contributed by atoms with Crippen LogP contribution < -0.4 is 0 Å². The van der Waals surface area contributed by atoms with Gasteiger partial charge in [-0.15, -0.1) is 16.4 Å². The normalized spacial score (nSPS) is 22.9. The zero-order valence-corrected chi connectivity index (χ0v) is 12.3. The van der Waals surface area contributed by atoms with Crippen LogP contribution in [0.15, 0.2) is 17.5 Å². The van der Waals surface area contributed by atoms with Gasteiger partial charge in [0.2, 0.25) is 0 Å². The van der Waals surface area contributed by atoms with Gasteiger partial charge in [0.1, 0.15) is 5.69 Å². The Balaban J connectivity index is 2.08. The Bertz CT molecular complexity index is 623. The summed E-state index contributed by atoms with van der Waals surface area (Å²) in [5.74, 6) is -1.09. The van der Waals surface area contributed by atoms with Crippen LogP contribution in [0.2, 0.25) is 0 Å². The van der Waals surface area contributed by atoms with Gasteiger partial charge in [-0.3, -0.25) is 0 Å². The van der Waals surface area contributed by atoms with Crippen LogP contribution in [0.3, 0.4) is 0 Å². The molecule has 2 unspecified atom stereocenters. The molecule has 1 fully saturated rings. The first-order valence-electron chi connectivity index (χ1n) is 7.09. The molecule has 0 aliphatic heterocycles. The Morgan fingerprint density at radius 2 is 2.14 bits per heavy atom. The van der Waals surface area contributed by atoms with Crippen molar-refractivity contribution in [3.63, 3.8) is 0 Å². The molecule has 112 valence electrons. The van der Waals surface area contributed by atoms with Gasteiger partial charge in [-0.05, 0) is 24.3 Å². The van der Waals surface area contributed by atoms with Crippen molar-refractivity contribution in [2.75, 3.05) is 0 Å². The van der Waals surface area contributed by atoms with Crippen molar-refractivity contribution >= 4 is 17.3 Å². The van der Waals surface area contributed by atoms with Crippen LogP contribution in [0.5, 0.6) is 0 Å². The fraction of sp³-hybridized carbons (Fsp3) is 0.500. The summed E-state index contributed by atoms with van der Waals surface area (Å²) < 4.78 is 1.62. The second kappa shape index (κ2) is 5.95. The standard InChI is InChI=1S/C14H17N3O3S/c18-10-6-3-1-2-5-9(10)17-13(11-7-4-8-21-11)12(14(19)20)15-16-17/h4,7-10,18H,1-3,5-6H2,(H,19,20). The van der Waals surface area contributed by atoms with Gasteiger partial charge in [0.05, 0.1) is 17.0 Å². The Morgan fingerprint density at radius 3 is 2.86 bits per heavy atom. The molecule has 1 saturated carbocycles. The van der Waals surface area contributed by atoms with Gasteiger partial charge < -0.3 is 10.2 Å². The van der Waals surface area contributed by atoms with Crippen LogP contribution in [0, 0.1) is 0 Å². The quantitative estimate of drug-likeness (QED) is 0.851. The molecule has 1 aliphatic carbocycles. The maximum absolute atomic E-state index is 11.4. The summed E-state index contributed by atoms with van der Waals surface area (Å²) in [5.41, 5.74) is 0.456. The first kappa shape index (κ1) is 14.2. The van der Waals surface area contributed by atoms with E-state index in [1.54, 1.807) is 4.68 Å². The van der Waals surface area contributed by atoms with Gasteiger partial charge in [0.15, 0.2) is 5.69 Å². The number of hydrogen-bond donors (Lipinski definition) is 2. The van der Waals surface area contributed by atoms with Crippen LogP contribution >= 0.6 is 11.3 Å². The highest BCUT2D eigenvalue weighted by atomic mass is 32.1. The van der Waals surface area contributed by atoms with Crippen molar-refractivity contribution in [3.05, 3.63) is 23.2 Å². The van der Waals surface area contributed by atoms with E-state index in [1.165, 1.54) is 11.3 Å². The molecule has 7 heteroatoms. The highest BCUT2D eigenvalue weighted by Crippen LogP contribution is 2.34. The van der Waals surface area contributed by atoms with E-state index in [2.05, 4.69) is 10.3 Å². The lowest BCUT2D eigenvalue weighted by Crippen LogP contribution is -2.24. The monoisotopic (exact) mass is 307 g/mol. The third-order valence-corrected chi connectivity index (χ3v) is 4.79. The molecule has 2 heterocycles. The van der Waals surface area contributed by atoms with Crippen molar-refractivity contribution in [2.24, 2.45) is 0 Å². The molecular formula is C14H17N3O3S. The minimum Gasteiger partial charge on any atom is -0.476 e. The molecule has 3 rings (SSSR count). The van der Waals surface area contributed by atoms with Gasteiger partial charge in [-0.2, -0.15) is 0 Å². The minimum absolute atomic E-state index is 0.0473. The number of aromatic carboxylic acids is 1. The molecular weight excluding hydrogens is 290 g/mol. The topological polar surface area (TPSA) is 88.2 Å². The molecule has 0 radical (unpaired) electrons. The fourth-order valence-electron chi connectivity index (χ4n) is 2.87. The summed E-state index contributed by atoms with van der Waals surface area (Å²) in [5, 5.41) is 29.4. The second-order valence-corrected chi connectivity index (χ2v) is 6.23. The van der Waals surface area contributed by atoms with Gasteiger partial charge in [0.25, 0.3) is 0 Å². The van der Waals surface area contributed by atoms with Crippen LogP contribution in [0.25, 0.3) is 10.6 Å². The second-order valence-electron chi connectivity index (χ2n) is 5.29. The van der Waals surface area contributed by atoms with E-state index < -0.39 is 12.1 Å².